The molecule has 0 aliphatic carbocycles. The Bertz CT molecular complexity index is 1270. The molecule has 0 unspecified atom stereocenters. The second-order valence-electron chi connectivity index (χ2n) is 8.12. The van der Waals surface area contributed by atoms with Crippen LogP contribution in [0.4, 0.5) is 0 Å². The lowest BCUT2D eigenvalue weighted by Crippen LogP contribution is -2.17. The van der Waals surface area contributed by atoms with Gasteiger partial charge in [0.2, 0.25) is 0 Å². The first-order valence-corrected chi connectivity index (χ1v) is 12.4. The Morgan fingerprint density at radius 2 is 2.09 bits per heavy atom. The monoisotopic (exact) mass is 482 g/mol. The van der Waals surface area contributed by atoms with E-state index in [1.54, 1.807) is 16.4 Å². The predicted octanol–water partition coefficient (Wildman–Crippen LogP) is 4.01. The lowest BCUT2D eigenvalue weighted by Gasteiger charge is -2.16. The summed E-state index contributed by atoms with van der Waals surface area (Å²) in [5.41, 5.74) is 1.98. The first kappa shape index (κ1) is 22.1. The molecule has 1 aliphatic rings. The van der Waals surface area contributed by atoms with Gasteiger partial charge < -0.3 is 4.74 Å². The van der Waals surface area contributed by atoms with Gasteiger partial charge in [-0.1, -0.05) is 42.1 Å². The minimum absolute atomic E-state index is 0.0712. The number of H-pyrrole nitrogens is 1. The van der Waals surface area contributed by atoms with Crippen molar-refractivity contribution in [3.8, 4) is 11.5 Å². The number of aromatic nitrogens is 8. The highest BCUT2D eigenvalue weighted by Gasteiger charge is 2.23. The maximum Gasteiger partial charge on any atom is 0.195 e. The second kappa shape index (κ2) is 9.62. The third-order valence-electron chi connectivity index (χ3n) is 5.85. The van der Waals surface area contributed by atoms with E-state index < -0.39 is 0 Å². The van der Waals surface area contributed by atoms with E-state index >= 15 is 0 Å². The molecule has 0 saturated carbocycles. The van der Waals surface area contributed by atoms with Gasteiger partial charge in [0.25, 0.3) is 0 Å². The first-order chi connectivity index (χ1) is 16.1. The van der Waals surface area contributed by atoms with Crippen molar-refractivity contribution in [2.75, 3.05) is 6.61 Å². The van der Waals surface area contributed by atoms with Crippen molar-refractivity contribution in [1.82, 2.24) is 39.3 Å². The number of benzene rings is 1. The van der Waals surface area contributed by atoms with Crippen molar-refractivity contribution in [1.29, 1.82) is 0 Å². The van der Waals surface area contributed by atoms with Gasteiger partial charge in [0.15, 0.2) is 15.8 Å². The van der Waals surface area contributed by atoms with Crippen LogP contribution in [0.25, 0.3) is 11.5 Å². The molecule has 1 N–H and O–H groups in total. The number of hydrogen-bond acceptors (Lipinski definition) is 7. The number of aromatic amines is 1. The molecule has 3 aromatic heterocycles. The van der Waals surface area contributed by atoms with Crippen LogP contribution in [0, 0.1) is 4.77 Å². The molecule has 1 fully saturated rings. The summed E-state index contributed by atoms with van der Waals surface area (Å²) < 4.78 is 12.5. The molecule has 9 nitrogen and oxygen atoms in total. The number of hydrogen-bond donors (Lipinski definition) is 1. The quantitative estimate of drug-likeness (QED) is 0.300. The zero-order valence-corrected chi connectivity index (χ0v) is 20.2. The van der Waals surface area contributed by atoms with Crippen molar-refractivity contribution < 1.29 is 4.74 Å². The fraction of sp³-hybridized carbons (Fsp3) is 0.409. The Labute approximate surface area is 201 Å². The number of thioether (sulfide) groups is 1. The summed E-state index contributed by atoms with van der Waals surface area (Å²) in [6.07, 6.45) is 4.20. The van der Waals surface area contributed by atoms with Crippen LogP contribution in [0.2, 0.25) is 0 Å². The molecule has 1 saturated heterocycles. The molecule has 33 heavy (non-hydrogen) atoms. The van der Waals surface area contributed by atoms with Gasteiger partial charge in [-0.3, -0.25) is 18.9 Å². The van der Waals surface area contributed by atoms with Gasteiger partial charge in [-0.05, 0) is 43.6 Å². The third-order valence-corrected chi connectivity index (χ3v) is 7.10. The minimum Gasteiger partial charge on any atom is -0.376 e. The van der Waals surface area contributed by atoms with Crippen molar-refractivity contribution in [3.63, 3.8) is 0 Å². The van der Waals surface area contributed by atoms with Crippen LogP contribution < -0.4 is 0 Å². The molecule has 4 aromatic rings. The normalized spacial score (nSPS) is 17.0. The van der Waals surface area contributed by atoms with Crippen LogP contribution in [0.3, 0.4) is 0 Å². The summed E-state index contributed by atoms with van der Waals surface area (Å²) in [6, 6.07) is 12.3. The largest absolute Gasteiger partial charge is 0.376 e. The minimum atomic E-state index is 0.0712. The molecular formula is C22H26N8OS2. The average Bonchev–Trinajstić information content (AvgIpc) is 3.62. The SMILES string of the molecule is C[C@H](c1ccccc1)n1c(CSc2nnc(-c3ccn(C)n3)n2C[C@@H]2CCCO2)n[nH]c1=S. The molecule has 5 rings (SSSR count). The molecule has 11 heteroatoms. The van der Waals surface area contributed by atoms with Gasteiger partial charge in [-0.15, -0.1) is 10.2 Å². The molecule has 0 amide bonds. The zero-order chi connectivity index (χ0) is 22.8. The van der Waals surface area contributed by atoms with E-state index in [1.807, 2.05) is 37.5 Å². The molecular weight excluding hydrogens is 456 g/mol. The van der Waals surface area contributed by atoms with E-state index in [0.717, 1.165) is 41.9 Å². The summed E-state index contributed by atoms with van der Waals surface area (Å²) in [7, 11) is 1.90. The number of ether oxygens (including phenoxy) is 1. The van der Waals surface area contributed by atoms with Crippen LogP contribution in [0.5, 0.6) is 0 Å². The summed E-state index contributed by atoms with van der Waals surface area (Å²) in [5, 5.41) is 21.8. The van der Waals surface area contributed by atoms with E-state index in [0.29, 0.717) is 17.1 Å². The highest BCUT2D eigenvalue weighted by Crippen LogP contribution is 2.29. The van der Waals surface area contributed by atoms with Crippen LogP contribution in [-0.2, 0) is 24.1 Å². The lowest BCUT2D eigenvalue weighted by atomic mass is 10.1. The predicted molar refractivity (Wildman–Crippen MR) is 128 cm³/mol. The van der Waals surface area contributed by atoms with Gasteiger partial charge in [-0.25, -0.2) is 0 Å². The van der Waals surface area contributed by atoms with Crippen molar-refractivity contribution in [2.24, 2.45) is 7.05 Å². The Balaban J connectivity index is 1.41. The Morgan fingerprint density at radius 1 is 1.24 bits per heavy atom. The van der Waals surface area contributed by atoms with Gasteiger partial charge in [0.05, 0.1) is 24.4 Å². The fourth-order valence-electron chi connectivity index (χ4n) is 4.12. The topological polar surface area (TPSA) is 91.4 Å². The summed E-state index contributed by atoms with van der Waals surface area (Å²) >= 11 is 7.14. The van der Waals surface area contributed by atoms with E-state index in [9.17, 15) is 0 Å². The van der Waals surface area contributed by atoms with Crippen molar-refractivity contribution >= 4 is 24.0 Å². The average molecular weight is 483 g/mol. The van der Waals surface area contributed by atoms with Gasteiger partial charge in [-0.2, -0.15) is 10.2 Å². The Hall–Kier alpha value is -2.76. The summed E-state index contributed by atoms with van der Waals surface area (Å²) in [6.45, 7) is 3.64. The van der Waals surface area contributed by atoms with Gasteiger partial charge in [0.1, 0.15) is 11.5 Å². The van der Waals surface area contributed by atoms with Crippen molar-refractivity contribution in [2.45, 2.75) is 49.4 Å². The standard InChI is InChI=1S/C22H26N8OS2/c1-15(16-7-4-3-5-8-16)30-19(23-25-21(30)32)14-33-22-26-24-20(18-10-11-28(2)27-18)29(22)13-17-9-6-12-31-17/h3-5,7-8,10-11,15,17H,6,9,12-14H2,1-2H3,(H,25,32)/t15-,17+/m1/s1. The number of aryl methyl sites for hydroxylation is 1. The first-order valence-electron chi connectivity index (χ1n) is 11.0. The smallest absolute Gasteiger partial charge is 0.195 e. The molecule has 1 aromatic carbocycles. The molecule has 4 heterocycles. The van der Waals surface area contributed by atoms with E-state index in [-0.39, 0.29) is 12.1 Å². The number of rotatable bonds is 8. The number of nitrogens with zero attached hydrogens (tertiary/aromatic N) is 7. The second-order valence-corrected chi connectivity index (χ2v) is 9.45. The molecule has 2 atom stereocenters. The van der Waals surface area contributed by atoms with E-state index in [4.69, 9.17) is 17.0 Å². The third kappa shape index (κ3) is 4.66. The molecule has 0 radical (unpaired) electrons. The van der Waals surface area contributed by atoms with E-state index in [1.165, 1.54) is 5.56 Å². The van der Waals surface area contributed by atoms with Crippen LogP contribution in [0.1, 0.15) is 37.2 Å². The van der Waals surface area contributed by atoms with Gasteiger partial charge >= 0.3 is 0 Å². The van der Waals surface area contributed by atoms with Crippen molar-refractivity contribution in [3.05, 3.63) is 58.8 Å². The van der Waals surface area contributed by atoms with Crippen LogP contribution in [-0.4, -0.2) is 52.0 Å². The highest BCUT2D eigenvalue weighted by molar-refractivity contribution is 7.98. The van der Waals surface area contributed by atoms with Gasteiger partial charge in [0, 0.05) is 19.9 Å². The summed E-state index contributed by atoms with van der Waals surface area (Å²) in [5.74, 6) is 2.23. The summed E-state index contributed by atoms with van der Waals surface area (Å²) in [4.78, 5) is 0. The van der Waals surface area contributed by atoms with Crippen LogP contribution in [0.15, 0.2) is 47.8 Å². The Morgan fingerprint density at radius 3 is 2.82 bits per heavy atom. The molecule has 172 valence electrons. The lowest BCUT2D eigenvalue weighted by molar-refractivity contribution is 0.0953. The number of nitrogens with one attached hydrogen (secondary N) is 1. The van der Waals surface area contributed by atoms with Crippen LogP contribution >= 0.6 is 24.0 Å². The fourth-order valence-corrected chi connectivity index (χ4v) is 5.31. The molecule has 0 spiro atoms. The van der Waals surface area contributed by atoms with E-state index in [2.05, 4.69) is 53.7 Å². The maximum atomic E-state index is 5.90. The zero-order valence-electron chi connectivity index (χ0n) is 18.6. The molecule has 0 bridgehead atoms. The maximum absolute atomic E-state index is 5.90. The molecule has 1 aliphatic heterocycles. The highest BCUT2D eigenvalue weighted by atomic mass is 32.2. The Kier molecular flexibility index (Phi) is 6.43.